The summed E-state index contributed by atoms with van der Waals surface area (Å²) in [6.45, 7) is 1.76. The van der Waals surface area contributed by atoms with Gasteiger partial charge >= 0.3 is 0 Å². The average Bonchev–Trinajstić information content (AvgIpc) is 3.56. The Kier molecular flexibility index (Phi) is 4.50. The molecule has 0 spiro atoms. The summed E-state index contributed by atoms with van der Waals surface area (Å²) in [6.07, 6.45) is 5.37. The summed E-state index contributed by atoms with van der Waals surface area (Å²) in [5.74, 6) is 0.414. The molecule has 2 fully saturated rings. The number of amides is 1. The number of hydrogen-bond donors (Lipinski definition) is 4. The first kappa shape index (κ1) is 18.4. The van der Waals surface area contributed by atoms with Crippen LogP contribution in [-0.4, -0.2) is 27.7 Å². The van der Waals surface area contributed by atoms with Crippen LogP contribution >= 0.6 is 0 Å². The third-order valence-corrected chi connectivity index (χ3v) is 5.17. The lowest BCUT2D eigenvalue weighted by atomic mass is 9.86. The number of carbonyl (C=O) groups excluding carboxylic acids is 2. The van der Waals surface area contributed by atoms with E-state index < -0.39 is 11.4 Å². The van der Waals surface area contributed by atoms with Crippen molar-refractivity contribution in [2.75, 3.05) is 10.6 Å². The van der Waals surface area contributed by atoms with E-state index in [1.165, 1.54) is 6.20 Å². The van der Waals surface area contributed by atoms with E-state index in [1.807, 2.05) is 24.3 Å². The van der Waals surface area contributed by atoms with Gasteiger partial charge in [0, 0.05) is 23.8 Å². The second-order valence-corrected chi connectivity index (χ2v) is 7.78. The summed E-state index contributed by atoms with van der Waals surface area (Å²) in [4.78, 5) is 32.6. The predicted molar refractivity (Wildman–Crippen MR) is 106 cm³/mol. The van der Waals surface area contributed by atoms with Crippen molar-refractivity contribution in [3.63, 3.8) is 0 Å². The summed E-state index contributed by atoms with van der Waals surface area (Å²) >= 11 is 0. The van der Waals surface area contributed by atoms with Gasteiger partial charge in [0.25, 0.3) is 5.91 Å². The van der Waals surface area contributed by atoms with Crippen molar-refractivity contribution in [2.45, 2.75) is 44.2 Å². The summed E-state index contributed by atoms with van der Waals surface area (Å²) in [6, 6.07) is 7.67. The first-order valence-electron chi connectivity index (χ1n) is 9.49. The lowest BCUT2D eigenvalue weighted by molar-refractivity contribution is -0.125. The Morgan fingerprint density at radius 3 is 2.39 bits per heavy atom. The van der Waals surface area contributed by atoms with Crippen LogP contribution in [0.15, 0.2) is 30.5 Å². The Hall–Kier alpha value is -3.00. The molecular formula is C20H24N6O2. The lowest BCUT2D eigenvalue weighted by Crippen LogP contribution is -2.42. The molecule has 1 unspecified atom stereocenters. The van der Waals surface area contributed by atoms with Crippen LogP contribution in [0.1, 0.15) is 48.5 Å². The van der Waals surface area contributed by atoms with Crippen molar-refractivity contribution >= 4 is 29.1 Å². The number of aromatic nitrogens is 2. The van der Waals surface area contributed by atoms with Gasteiger partial charge in [0.1, 0.15) is 5.82 Å². The molecule has 0 bridgehead atoms. The average molecular weight is 380 g/mol. The number of benzene rings is 1. The van der Waals surface area contributed by atoms with Crippen LogP contribution in [0.2, 0.25) is 0 Å². The van der Waals surface area contributed by atoms with Gasteiger partial charge in [-0.05, 0) is 50.3 Å². The van der Waals surface area contributed by atoms with Crippen LogP contribution in [0.5, 0.6) is 0 Å². The molecule has 2 aliphatic carbocycles. The second kappa shape index (κ2) is 6.87. The smallest absolute Gasteiger partial charge is 0.254 e. The fourth-order valence-electron chi connectivity index (χ4n) is 3.09. The van der Waals surface area contributed by atoms with E-state index in [0.717, 1.165) is 36.9 Å². The fourth-order valence-corrected chi connectivity index (χ4v) is 3.09. The maximum absolute atomic E-state index is 12.4. The molecule has 28 heavy (non-hydrogen) atoms. The summed E-state index contributed by atoms with van der Waals surface area (Å²) < 4.78 is 0. The van der Waals surface area contributed by atoms with Crippen LogP contribution in [0, 0.1) is 5.92 Å². The number of rotatable bonds is 8. The third kappa shape index (κ3) is 3.82. The largest absolute Gasteiger partial charge is 0.367 e. The molecule has 0 radical (unpaired) electrons. The van der Waals surface area contributed by atoms with Crippen LogP contribution in [0.4, 0.5) is 17.5 Å². The van der Waals surface area contributed by atoms with E-state index in [4.69, 9.17) is 11.5 Å². The topological polar surface area (TPSA) is 136 Å². The van der Waals surface area contributed by atoms with E-state index in [-0.39, 0.29) is 17.3 Å². The summed E-state index contributed by atoms with van der Waals surface area (Å²) in [5, 5.41) is 6.31. The molecule has 1 aromatic carbocycles. The zero-order valence-electron chi connectivity index (χ0n) is 15.7. The van der Waals surface area contributed by atoms with E-state index in [2.05, 4.69) is 20.6 Å². The first-order valence-corrected chi connectivity index (χ1v) is 9.49. The van der Waals surface area contributed by atoms with Gasteiger partial charge in [-0.1, -0.05) is 12.1 Å². The van der Waals surface area contributed by atoms with Crippen molar-refractivity contribution in [3.05, 3.63) is 41.6 Å². The Labute approximate surface area is 163 Å². The molecule has 4 rings (SSSR count). The van der Waals surface area contributed by atoms with Gasteiger partial charge in [-0.2, -0.15) is 4.98 Å². The normalized spacial score (nSPS) is 18.2. The van der Waals surface area contributed by atoms with Gasteiger partial charge < -0.3 is 22.1 Å². The van der Waals surface area contributed by atoms with E-state index >= 15 is 0 Å². The first-order chi connectivity index (χ1) is 13.3. The Balaban J connectivity index is 1.51. The quantitative estimate of drug-likeness (QED) is 0.550. The molecule has 2 saturated carbocycles. The number of primary amides is 1. The number of ketones is 1. The highest BCUT2D eigenvalue weighted by Gasteiger charge is 2.41. The van der Waals surface area contributed by atoms with Crippen molar-refractivity contribution in [3.8, 4) is 0 Å². The SMILES string of the molecule is CC(N)(C(=O)C1CC1)c1ccc(Nc2ncc(C(N)=O)c(NC3CC3)n2)cc1. The van der Waals surface area contributed by atoms with E-state index in [0.29, 0.717) is 17.8 Å². The highest BCUT2D eigenvalue weighted by molar-refractivity contribution is 5.97. The van der Waals surface area contributed by atoms with Crippen LogP contribution in [-0.2, 0) is 10.3 Å². The van der Waals surface area contributed by atoms with Crippen molar-refractivity contribution in [1.29, 1.82) is 0 Å². The standard InChI is InChI=1S/C20H24N6O2/c1-20(22,16(27)11-2-3-11)12-4-6-14(7-5-12)25-19-23-10-15(17(21)28)18(26-19)24-13-8-9-13/h4-7,10-11,13H,2-3,8-9,22H2,1H3,(H2,21,28)(H2,23,24,25,26). The number of nitrogens with one attached hydrogen (secondary N) is 2. The van der Waals surface area contributed by atoms with E-state index in [1.54, 1.807) is 6.92 Å². The van der Waals surface area contributed by atoms with Gasteiger partial charge in [0.2, 0.25) is 5.95 Å². The molecule has 1 aromatic heterocycles. The van der Waals surface area contributed by atoms with Crippen LogP contribution in [0.25, 0.3) is 0 Å². The Morgan fingerprint density at radius 2 is 1.82 bits per heavy atom. The zero-order valence-corrected chi connectivity index (χ0v) is 15.7. The number of nitrogens with two attached hydrogens (primary N) is 2. The molecule has 1 atom stereocenters. The minimum Gasteiger partial charge on any atom is -0.367 e. The minimum absolute atomic E-state index is 0.0920. The van der Waals surface area contributed by atoms with Crippen molar-refractivity contribution in [1.82, 2.24) is 9.97 Å². The van der Waals surface area contributed by atoms with Gasteiger partial charge in [-0.15, -0.1) is 0 Å². The molecule has 8 nitrogen and oxygen atoms in total. The molecule has 2 aliphatic rings. The number of nitrogens with zero attached hydrogens (tertiary/aromatic N) is 2. The predicted octanol–water partition coefficient (Wildman–Crippen LogP) is 2.05. The molecular weight excluding hydrogens is 356 g/mol. The van der Waals surface area contributed by atoms with Gasteiger partial charge in [-0.3, -0.25) is 9.59 Å². The van der Waals surface area contributed by atoms with Crippen molar-refractivity contribution < 1.29 is 9.59 Å². The molecule has 8 heteroatoms. The molecule has 6 N–H and O–H groups in total. The zero-order chi connectivity index (χ0) is 19.9. The number of carbonyl (C=O) groups is 2. The minimum atomic E-state index is -0.985. The second-order valence-electron chi connectivity index (χ2n) is 7.78. The van der Waals surface area contributed by atoms with E-state index in [9.17, 15) is 9.59 Å². The van der Waals surface area contributed by atoms with Gasteiger partial charge in [-0.25, -0.2) is 4.98 Å². The summed E-state index contributed by atoms with van der Waals surface area (Å²) in [7, 11) is 0. The number of hydrogen-bond acceptors (Lipinski definition) is 7. The fraction of sp³-hybridized carbons (Fsp3) is 0.400. The van der Waals surface area contributed by atoms with Gasteiger partial charge in [0.15, 0.2) is 5.78 Å². The summed E-state index contributed by atoms with van der Waals surface area (Å²) in [5.41, 5.74) is 12.5. The molecule has 1 heterocycles. The van der Waals surface area contributed by atoms with Crippen molar-refractivity contribution in [2.24, 2.45) is 17.4 Å². The molecule has 0 aliphatic heterocycles. The third-order valence-electron chi connectivity index (χ3n) is 5.17. The molecule has 0 saturated heterocycles. The van der Waals surface area contributed by atoms with Gasteiger partial charge in [0.05, 0.1) is 11.1 Å². The molecule has 146 valence electrons. The Morgan fingerprint density at radius 1 is 1.14 bits per heavy atom. The van der Waals surface area contributed by atoms with Crippen LogP contribution < -0.4 is 22.1 Å². The maximum atomic E-state index is 12.4. The highest BCUT2D eigenvalue weighted by atomic mass is 16.1. The number of anilines is 3. The highest BCUT2D eigenvalue weighted by Crippen LogP contribution is 2.36. The maximum Gasteiger partial charge on any atom is 0.254 e. The monoisotopic (exact) mass is 380 g/mol. The Bertz CT molecular complexity index is 917. The molecule has 1 amide bonds. The van der Waals surface area contributed by atoms with Crippen LogP contribution in [0.3, 0.4) is 0 Å². The number of Topliss-reactive ketones (excluding diaryl/α,β-unsaturated/α-hetero) is 1. The molecule has 2 aromatic rings. The lowest BCUT2D eigenvalue weighted by Gasteiger charge is -2.24.